The Kier molecular flexibility index (Phi) is 10.8. The summed E-state index contributed by atoms with van der Waals surface area (Å²) < 4.78 is 49.3. The van der Waals surface area contributed by atoms with Crippen LogP contribution < -0.4 is 15.5 Å². The quantitative estimate of drug-likeness (QED) is 0.133. The van der Waals surface area contributed by atoms with E-state index >= 15 is 0 Å². The van der Waals surface area contributed by atoms with Gasteiger partial charge in [0.05, 0.1) is 55.0 Å². The Morgan fingerprint density at radius 1 is 1.07 bits per heavy atom. The van der Waals surface area contributed by atoms with E-state index in [1.54, 1.807) is 23.3 Å². The van der Waals surface area contributed by atoms with Crippen LogP contribution in [0.2, 0.25) is 0 Å². The van der Waals surface area contributed by atoms with E-state index in [4.69, 9.17) is 18.9 Å². The molecule has 318 valence electrons. The summed E-state index contributed by atoms with van der Waals surface area (Å²) in [6, 6.07) is 7.77. The van der Waals surface area contributed by atoms with Crippen molar-refractivity contribution in [3.63, 3.8) is 0 Å². The van der Waals surface area contributed by atoms with Gasteiger partial charge in [0.1, 0.15) is 23.6 Å². The van der Waals surface area contributed by atoms with E-state index in [1.807, 2.05) is 24.3 Å². The van der Waals surface area contributed by atoms with Gasteiger partial charge in [0.25, 0.3) is 12.3 Å². The summed E-state index contributed by atoms with van der Waals surface area (Å²) in [4.78, 5) is 46.9. The van der Waals surface area contributed by atoms with E-state index in [1.165, 1.54) is 10.7 Å². The Labute approximate surface area is 350 Å². The monoisotopic (exact) mass is 835 g/mol. The Morgan fingerprint density at radius 3 is 2.69 bits per heavy atom. The minimum Gasteiger partial charge on any atom is -0.464 e. The summed E-state index contributed by atoms with van der Waals surface area (Å²) in [5.41, 5.74) is 2.35. The third-order valence-corrected chi connectivity index (χ3v) is 13.1. The second-order valence-corrected chi connectivity index (χ2v) is 17.0. The molecule has 0 spiro atoms. The van der Waals surface area contributed by atoms with Crippen LogP contribution in [0.15, 0.2) is 53.5 Å². The predicted molar refractivity (Wildman–Crippen MR) is 218 cm³/mol. The van der Waals surface area contributed by atoms with Crippen molar-refractivity contribution in [2.24, 2.45) is 5.92 Å². The van der Waals surface area contributed by atoms with E-state index in [2.05, 4.69) is 42.5 Å². The number of nitrogens with zero attached hydrogens (tertiary/aromatic N) is 7. The van der Waals surface area contributed by atoms with Gasteiger partial charge in [0.2, 0.25) is 11.8 Å². The van der Waals surface area contributed by atoms with Crippen molar-refractivity contribution in [1.82, 2.24) is 34.6 Å². The largest absolute Gasteiger partial charge is 0.464 e. The fourth-order valence-electron chi connectivity index (χ4n) is 9.80. The van der Waals surface area contributed by atoms with Crippen molar-refractivity contribution in [2.45, 2.75) is 94.4 Å². The highest BCUT2D eigenvalue weighted by Crippen LogP contribution is 2.37. The molecule has 15 nitrogen and oxygen atoms in total. The number of ether oxygens (including phenoxy) is 2. The van der Waals surface area contributed by atoms with Crippen LogP contribution in [0.4, 0.5) is 20.3 Å². The normalized spacial score (nSPS) is 24.8. The van der Waals surface area contributed by atoms with Gasteiger partial charge in [0.15, 0.2) is 11.3 Å². The maximum absolute atomic E-state index is 14.3. The van der Waals surface area contributed by atoms with Gasteiger partial charge in [-0.2, -0.15) is 10.2 Å². The maximum atomic E-state index is 14.3. The maximum Gasteiger partial charge on any atom is 0.284 e. The molecule has 1 unspecified atom stereocenters. The topological polar surface area (TPSA) is 161 Å². The molecule has 4 aliphatic heterocycles. The lowest BCUT2D eigenvalue weighted by atomic mass is 9.85. The number of fused-ring (bicyclic) bond motifs is 4. The number of piperidine rings is 2. The highest BCUT2D eigenvalue weighted by atomic mass is 19.3. The minimum atomic E-state index is -2.85. The molecule has 5 aliphatic rings. The number of benzene rings is 1. The zero-order valence-corrected chi connectivity index (χ0v) is 33.6. The first-order chi connectivity index (χ1) is 29.7. The number of furan rings is 1. The third-order valence-electron chi connectivity index (χ3n) is 13.1. The van der Waals surface area contributed by atoms with Crippen LogP contribution in [0.1, 0.15) is 103 Å². The standard InChI is InChI=1S/C44H47F2N9O6/c45-41(46)40-36(48-44(58)34-20-47-54-16-13-38(49-42(34)54)53-22-31-19-29(53)24-60-31)23-55(51-40)28-6-3-27(4-7-28)21-52-14-11-30(12-15-52)59-17-1-2-26-5-8-32-35(25-61-37(32)18-26)33-9-10-39(56)50-43(33)57/h5,8,13,16,18,20,23,25,27-31,33,41H,3-4,6-7,9-12,14-15,17,19,21-22,24H2,(H,48,58)(H,50,56,57)/t27?,28?,29-,31-,33?/m1/s1. The molecule has 2 N–H and O–H groups in total. The van der Waals surface area contributed by atoms with Gasteiger partial charge >= 0.3 is 0 Å². The number of halogens is 2. The lowest BCUT2D eigenvalue weighted by Crippen LogP contribution is -2.40. The van der Waals surface area contributed by atoms with Gasteiger partial charge in [-0.3, -0.25) is 24.4 Å². The first kappa shape index (κ1) is 39.4. The van der Waals surface area contributed by atoms with Gasteiger partial charge in [-0.25, -0.2) is 18.3 Å². The van der Waals surface area contributed by atoms with Crippen molar-refractivity contribution in [1.29, 1.82) is 0 Å². The van der Waals surface area contributed by atoms with Crippen LogP contribution in [0.3, 0.4) is 0 Å². The molecule has 2 bridgehead atoms. The number of morpholine rings is 1. The molecule has 17 heteroatoms. The molecule has 8 heterocycles. The van der Waals surface area contributed by atoms with E-state index < -0.39 is 23.9 Å². The third kappa shape index (κ3) is 8.11. The zero-order chi connectivity index (χ0) is 41.6. The summed E-state index contributed by atoms with van der Waals surface area (Å²) in [6.45, 7) is 4.59. The van der Waals surface area contributed by atoms with Crippen LogP contribution in [0.25, 0.3) is 16.6 Å². The molecule has 3 amide bonds. The highest BCUT2D eigenvalue weighted by Gasteiger charge is 2.40. The second kappa shape index (κ2) is 16.6. The SMILES string of the molecule is O=C1CCC(c2coc3cc(C#CCOC4CCN(CC5CCC(n6cc(NC(=O)c7cnn8ccc(N9C[C@H]%10C[C@@H]9CO%10)nc78)c(C(F)F)n6)CC5)CC4)ccc23)C(=O)N1. The van der Waals surface area contributed by atoms with E-state index in [0.29, 0.717) is 43.2 Å². The molecule has 0 radical (unpaired) electrons. The molecule has 1 saturated carbocycles. The number of hydrogen-bond donors (Lipinski definition) is 2. The first-order valence-electron chi connectivity index (χ1n) is 21.3. The molecule has 3 atom stereocenters. The van der Waals surface area contributed by atoms with Crippen molar-refractivity contribution < 1.29 is 37.1 Å². The number of carbonyl (C=O) groups is 3. The minimum absolute atomic E-state index is 0.000195. The summed E-state index contributed by atoms with van der Waals surface area (Å²) in [6.07, 6.45) is 10.9. The van der Waals surface area contributed by atoms with E-state index in [9.17, 15) is 23.2 Å². The van der Waals surface area contributed by atoms with Crippen molar-refractivity contribution >= 4 is 45.8 Å². The summed E-state index contributed by atoms with van der Waals surface area (Å²) >= 11 is 0. The van der Waals surface area contributed by atoms with Gasteiger partial charge in [-0.15, -0.1) is 0 Å². The number of imide groups is 1. The Balaban J connectivity index is 0.680. The molecule has 61 heavy (non-hydrogen) atoms. The number of carbonyl (C=O) groups excluding carboxylic acids is 3. The predicted octanol–water partition coefficient (Wildman–Crippen LogP) is 5.62. The summed E-state index contributed by atoms with van der Waals surface area (Å²) in [7, 11) is 0. The second-order valence-electron chi connectivity index (χ2n) is 17.0. The van der Waals surface area contributed by atoms with Crippen molar-refractivity contribution in [3.8, 4) is 11.8 Å². The first-order valence-corrected chi connectivity index (χ1v) is 21.3. The van der Waals surface area contributed by atoms with Crippen LogP contribution in [0, 0.1) is 17.8 Å². The van der Waals surface area contributed by atoms with Crippen molar-refractivity contribution in [2.75, 3.05) is 49.6 Å². The summed E-state index contributed by atoms with van der Waals surface area (Å²) in [5.74, 6) is 6.03. The van der Waals surface area contributed by atoms with Crippen LogP contribution in [0.5, 0.6) is 0 Å². The number of aromatic nitrogens is 5. The smallest absolute Gasteiger partial charge is 0.284 e. The zero-order valence-electron chi connectivity index (χ0n) is 33.6. The van der Waals surface area contributed by atoms with Gasteiger partial charge in [0, 0.05) is 61.5 Å². The lowest BCUT2D eigenvalue weighted by molar-refractivity contribution is -0.134. The van der Waals surface area contributed by atoms with E-state index in [-0.39, 0.29) is 47.4 Å². The van der Waals surface area contributed by atoms with Gasteiger partial charge in [-0.1, -0.05) is 11.8 Å². The Hall–Kier alpha value is -5.70. The lowest BCUT2D eigenvalue weighted by Gasteiger charge is -2.36. The van der Waals surface area contributed by atoms with Crippen LogP contribution in [-0.4, -0.2) is 105 Å². The van der Waals surface area contributed by atoms with Crippen molar-refractivity contribution in [3.05, 3.63) is 71.5 Å². The Morgan fingerprint density at radius 2 is 1.92 bits per heavy atom. The number of amides is 3. The molecule has 1 aromatic carbocycles. The molecular formula is C44H47F2N9O6. The molecule has 4 aromatic heterocycles. The number of likely N-dealkylation sites (tertiary alicyclic amines) is 1. The van der Waals surface area contributed by atoms with Crippen LogP contribution >= 0.6 is 0 Å². The molecule has 5 aromatic rings. The fraction of sp³-hybridized carbons (Fsp3) is 0.500. The number of hydrogen-bond acceptors (Lipinski definition) is 11. The van der Waals surface area contributed by atoms with E-state index in [0.717, 1.165) is 93.5 Å². The highest BCUT2D eigenvalue weighted by molar-refractivity contribution is 6.08. The summed E-state index contributed by atoms with van der Waals surface area (Å²) in [5, 5.41) is 14.5. The van der Waals surface area contributed by atoms with Crippen LogP contribution in [-0.2, 0) is 19.1 Å². The molecule has 4 saturated heterocycles. The molecular weight excluding hydrogens is 789 g/mol. The van der Waals surface area contributed by atoms with Gasteiger partial charge < -0.3 is 29.0 Å². The number of anilines is 2. The molecule has 10 rings (SSSR count). The average molecular weight is 836 g/mol. The fourth-order valence-corrected chi connectivity index (χ4v) is 9.80. The van der Waals surface area contributed by atoms with Gasteiger partial charge in [-0.05, 0) is 81.5 Å². The number of nitrogens with one attached hydrogen (secondary N) is 2. The number of alkyl halides is 2. The molecule has 5 fully saturated rings. The Bertz CT molecular complexity index is 2530. The molecule has 1 aliphatic carbocycles. The average Bonchev–Trinajstić information content (AvgIpc) is 4.12. The number of rotatable bonds is 10.